The van der Waals surface area contributed by atoms with Crippen LogP contribution in [0.15, 0.2) is 11.1 Å². The van der Waals surface area contributed by atoms with E-state index in [-0.39, 0.29) is 0 Å². The maximum atomic E-state index is 3.91. The summed E-state index contributed by atoms with van der Waals surface area (Å²) in [5.41, 5.74) is 0. The van der Waals surface area contributed by atoms with Gasteiger partial charge in [-0.2, -0.15) is 5.10 Å². The minimum absolute atomic E-state index is 1.09. The Labute approximate surface area is 59.3 Å². The first-order valence-electron chi connectivity index (χ1n) is 2.87. The van der Waals surface area contributed by atoms with Crippen molar-refractivity contribution in [3.63, 3.8) is 0 Å². The van der Waals surface area contributed by atoms with Crippen LogP contribution < -0.4 is 0 Å². The Hall–Kier alpha value is -0.440. The Bertz CT molecular complexity index is 183. The third-order valence-corrected chi connectivity index (χ3v) is 1.97. The van der Waals surface area contributed by atoms with Gasteiger partial charge in [-0.05, 0) is 11.8 Å². The van der Waals surface area contributed by atoms with Gasteiger partial charge < -0.3 is 0 Å². The van der Waals surface area contributed by atoms with E-state index < -0.39 is 0 Å². The molecule has 9 heavy (non-hydrogen) atoms. The van der Waals surface area contributed by atoms with E-state index in [0.717, 1.165) is 5.75 Å². The Morgan fingerprint density at radius 2 is 2.67 bits per heavy atom. The van der Waals surface area contributed by atoms with Crippen LogP contribution in [-0.4, -0.2) is 15.5 Å². The molecule has 0 aliphatic carbocycles. The van der Waals surface area contributed by atoms with Gasteiger partial charge in [0.25, 0.3) is 0 Å². The molecule has 0 atom stereocenters. The average Bonchev–Trinajstić information content (AvgIpc) is 2.18. The van der Waals surface area contributed by atoms with E-state index in [2.05, 4.69) is 18.2 Å². The fraction of sp³-hybridized carbons (Fsp3) is 0.500. The molecule has 1 radical (unpaired) electrons. The normalized spacial score (nSPS) is 10.0. The molecule has 0 fully saturated rings. The SMILES string of the molecule is CCSc1c[c]nn1C. The first-order chi connectivity index (χ1) is 4.34. The maximum Gasteiger partial charge on any atom is 0.114 e. The summed E-state index contributed by atoms with van der Waals surface area (Å²) in [5.74, 6) is 1.09. The van der Waals surface area contributed by atoms with E-state index in [1.165, 1.54) is 5.03 Å². The van der Waals surface area contributed by atoms with Gasteiger partial charge in [0.2, 0.25) is 0 Å². The molecule has 1 rings (SSSR count). The van der Waals surface area contributed by atoms with Crippen LogP contribution in [0.1, 0.15) is 6.92 Å². The largest absolute Gasteiger partial charge is 0.261 e. The summed E-state index contributed by atoms with van der Waals surface area (Å²) in [6, 6.07) is 1.90. The number of nitrogens with zero attached hydrogens (tertiary/aromatic N) is 2. The average molecular weight is 141 g/mol. The van der Waals surface area contributed by atoms with Crippen LogP contribution in [0.4, 0.5) is 0 Å². The van der Waals surface area contributed by atoms with Gasteiger partial charge in [-0.15, -0.1) is 11.8 Å². The fourth-order valence-electron chi connectivity index (χ4n) is 0.596. The van der Waals surface area contributed by atoms with E-state index in [4.69, 9.17) is 0 Å². The Kier molecular flexibility index (Phi) is 2.16. The number of aromatic nitrogens is 2. The number of thioether (sulfide) groups is 1. The molecular weight excluding hydrogens is 132 g/mol. The van der Waals surface area contributed by atoms with Gasteiger partial charge >= 0.3 is 0 Å². The predicted molar refractivity (Wildman–Crippen MR) is 38.4 cm³/mol. The van der Waals surface area contributed by atoms with Crippen molar-refractivity contribution in [1.29, 1.82) is 0 Å². The molecule has 3 heteroatoms. The van der Waals surface area contributed by atoms with E-state index in [1.54, 1.807) is 11.8 Å². The minimum Gasteiger partial charge on any atom is -0.261 e. The second-order valence-electron chi connectivity index (χ2n) is 1.67. The van der Waals surface area contributed by atoms with Gasteiger partial charge in [0.05, 0.1) is 5.03 Å². The van der Waals surface area contributed by atoms with Crippen molar-refractivity contribution in [3.8, 4) is 0 Å². The van der Waals surface area contributed by atoms with E-state index in [0.29, 0.717) is 0 Å². The highest BCUT2D eigenvalue weighted by atomic mass is 32.2. The molecule has 0 aromatic carbocycles. The van der Waals surface area contributed by atoms with Gasteiger partial charge in [0.15, 0.2) is 0 Å². The quantitative estimate of drug-likeness (QED) is 0.578. The summed E-state index contributed by atoms with van der Waals surface area (Å²) in [4.78, 5) is 0. The summed E-state index contributed by atoms with van der Waals surface area (Å²) >= 11 is 1.78. The molecule has 1 aromatic rings. The van der Waals surface area contributed by atoms with Crippen molar-refractivity contribution in [1.82, 2.24) is 9.78 Å². The van der Waals surface area contributed by atoms with E-state index >= 15 is 0 Å². The molecule has 1 aromatic heterocycles. The zero-order chi connectivity index (χ0) is 6.69. The predicted octanol–water partition coefficient (Wildman–Crippen LogP) is 1.33. The van der Waals surface area contributed by atoms with Crippen LogP contribution in [0, 0.1) is 6.20 Å². The van der Waals surface area contributed by atoms with Crippen LogP contribution in [0.2, 0.25) is 0 Å². The minimum atomic E-state index is 1.09. The summed E-state index contributed by atoms with van der Waals surface area (Å²) in [5, 5.41) is 5.08. The standard InChI is InChI=1S/C6H9N2S/c1-3-9-6-4-5-7-8(6)2/h4H,3H2,1-2H3. The monoisotopic (exact) mass is 141 g/mol. The van der Waals surface area contributed by atoms with Crippen LogP contribution in [0.25, 0.3) is 0 Å². The van der Waals surface area contributed by atoms with Gasteiger partial charge in [-0.3, -0.25) is 4.68 Å². The van der Waals surface area contributed by atoms with Crippen molar-refractivity contribution in [2.45, 2.75) is 11.9 Å². The fourth-order valence-corrected chi connectivity index (χ4v) is 1.26. The molecule has 2 nitrogen and oxygen atoms in total. The topological polar surface area (TPSA) is 17.8 Å². The van der Waals surface area contributed by atoms with Crippen LogP contribution in [0.5, 0.6) is 0 Å². The molecule has 0 unspecified atom stereocenters. The molecule has 0 aliphatic heterocycles. The molecule has 1 heterocycles. The van der Waals surface area contributed by atoms with Crippen LogP contribution in [-0.2, 0) is 7.05 Å². The Balaban J connectivity index is 2.69. The first kappa shape index (κ1) is 6.68. The number of aryl methyl sites for hydroxylation is 1. The lowest BCUT2D eigenvalue weighted by Gasteiger charge is -1.95. The summed E-state index contributed by atoms with van der Waals surface area (Å²) in [7, 11) is 1.93. The smallest absolute Gasteiger partial charge is 0.114 e. The van der Waals surface area contributed by atoms with Crippen molar-refractivity contribution in [2.24, 2.45) is 7.05 Å². The molecule has 0 N–H and O–H groups in total. The maximum absolute atomic E-state index is 3.91. The second kappa shape index (κ2) is 2.92. The van der Waals surface area contributed by atoms with Gasteiger partial charge in [0.1, 0.15) is 6.20 Å². The zero-order valence-corrected chi connectivity index (χ0v) is 6.40. The van der Waals surface area contributed by atoms with Crippen molar-refractivity contribution in [2.75, 3.05) is 5.75 Å². The Morgan fingerprint density at radius 1 is 1.89 bits per heavy atom. The van der Waals surface area contributed by atoms with Gasteiger partial charge in [0, 0.05) is 7.05 Å². The lowest BCUT2D eigenvalue weighted by atomic mass is 10.7. The highest BCUT2D eigenvalue weighted by molar-refractivity contribution is 7.99. The molecule has 0 bridgehead atoms. The molecule has 0 saturated heterocycles. The van der Waals surface area contributed by atoms with E-state index in [1.807, 2.05) is 17.8 Å². The lowest BCUT2D eigenvalue weighted by Crippen LogP contribution is -1.90. The summed E-state index contributed by atoms with van der Waals surface area (Å²) in [6.07, 6.45) is 2.77. The second-order valence-corrected chi connectivity index (χ2v) is 2.95. The number of rotatable bonds is 2. The zero-order valence-electron chi connectivity index (χ0n) is 5.59. The first-order valence-corrected chi connectivity index (χ1v) is 3.86. The van der Waals surface area contributed by atoms with Crippen LogP contribution >= 0.6 is 11.8 Å². The third-order valence-electron chi connectivity index (χ3n) is 1.01. The van der Waals surface area contributed by atoms with Crippen molar-refractivity contribution >= 4 is 11.8 Å². The third kappa shape index (κ3) is 1.48. The number of hydrogen-bond donors (Lipinski definition) is 0. The lowest BCUT2D eigenvalue weighted by molar-refractivity contribution is 0.697. The van der Waals surface area contributed by atoms with Crippen molar-refractivity contribution in [3.05, 3.63) is 12.3 Å². The molecular formula is C6H9N2S. The summed E-state index contributed by atoms with van der Waals surface area (Å²) in [6.45, 7) is 2.12. The molecule has 0 aliphatic rings. The molecule has 0 amide bonds. The highest BCUT2D eigenvalue weighted by Gasteiger charge is 1.94. The van der Waals surface area contributed by atoms with Crippen molar-refractivity contribution < 1.29 is 0 Å². The molecule has 0 spiro atoms. The van der Waals surface area contributed by atoms with Gasteiger partial charge in [-0.1, -0.05) is 6.92 Å². The van der Waals surface area contributed by atoms with Crippen LogP contribution in [0.3, 0.4) is 0 Å². The van der Waals surface area contributed by atoms with E-state index in [9.17, 15) is 0 Å². The Morgan fingerprint density at radius 3 is 3.11 bits per heavy atom. The molecule has 49 valence electrons. The highest BCUT2D eigenvalue weighted by Crippen LogP contribution is 2.14. The summed E-state index contributed by atoms with van der Waals surface area (Å²) < 4.78 is 1.83. The molecule has 0 saturated carbocycles. The van der Waals surface area contributed by atoms with Gasteiger partial charge in [-0.25, -0.2) is 0 Å². The number of hydrogen-bond acceptors (Lipinski definition) is 2.